The van der Waals surface area contributed by atoms with E-state index < -0.39 is 0 Å². The van der Waals surface area contributed by atoms with E-state index in [0.717, 1.165) is 40.9 Å². The van der Waals surface area contributed by atoms with Gasteiger partial charge in [-0.05, 0) is 53.5 Å². The highest BCUT2D eigenvalue weighted by Crippen LogP contribution is 2.37. The molecule has 2 rings (SSSR count). The fourth-order valence-corrected chi connectivity index (χ4v) is 3.04. The molecule has 1 amide bonds. The van der Waals surface area contributed by atoms with E-state index in [1.54, 1.807) is 0 Å². The van der Waals surface area contributed by atoms with Crippen molar-refractivity contribution in [2.75, 3.05) is 29.9 Å². The Kier molecular flexibility index (Phi) is 4.24. The van der Waals surface area contributed by atoms with E-state index >= 15 is 0 Å². The highest BCUT2D eigenvalue weighted by Gasteiger charge is 2.21. The third kappa shape index (κ3) is 2.84. The van der Waals surface area contributed by atoms with Crippen LogP contribution in [0.4, 0.5) is 11.4 Å². The van der Waals surface area contributed by atoms with Gasteiger partial charge in [-0.25, -0.2) is 0 Å². The molecule has 1 aromatic carbocycles. The number of aryl methyl sites for hydroxylation is 1. The Labute approximate surface area is 116 Å². The Morgan fingerprint density at radius 3 is 3.00 bits per heavy atom. The van der Waals surface area contributed by atoms with Crippen LogP contribution in [-0.2, 0) is 4.79 Å². The van der Waals surface area contributed by atoms with Crippen LogP contribution in [0.1, 0.15) is 18.4 Å². The van der Waals surface area contributed by atoms with Crippen LogP contribution in [0.2, 0.25) is 0 Å². The van der Waals surface area contributed by atoms with E-state index in [0.29, 0.717) is 13.0 Å². The third-order valence-electron chi connectivity index (χ3n) is 3.04. The first kappa shape index (κ1) is 13.4. The number of nitrogens with one attached hydrogen (secondary N) is 1. The molecular formula is C13H18BrN3O. The SMILES string of the molecule is Cc1cc(Br)c2c(c1)NC(=O)CCN2CCCN. The number of nitrogens with two attached hydrogens (primary N) is 1. The molecule has 0 saturated heterocycles. The molecule has 5 heteroatoms. The van der Waals surface area contributed by atoms with Crippen molar-refractivity contribution in [3.63, 3.8) is 0 Å². The van der Waals surface area contributed by atoms with E-state index in [9.17, 15) is 4.79 Å². The van der Waals surface area contributed by atoms with Crippen molar-refractivity contribution in [1.29, 1.82) is 0 Å². The van der Waals surface area contributed by atoms with Gasteiger partial charge in [0, 0.05) is 24.0 Å². The molecule has 3 N–H and O–H groups in total. The molecule has 0 atom stereocenters. The Hall–Kier alpha value is -1.07. The maximum absolute atomic E-state index is 11.7. The molecule has 0 aliphatic carbocycles. The molecule has 0 spiro atoms. The minimum atomic E-state index is 0.0731. The molecule has 0 aromatic heterocycles. The summed E-state index contributed by atoms with van der Waals surface area (Å²) in [6.07, 6.45) is 1.44. The standard InChI is InChI=1S/C13H18BrN3O/c1-9-7-10(14)13-11(8-9)16-12(18)3-6-17(13)5-2-4-15/h7-8H,2-6,15H2,1H3,(H,16,18). The lowest BCUT2D eigenvalue weighted by atomic mass is 10.1. The van der Waals surface area contributed by atoms with Crippen molar-refractivity contribution in [3.8, 4) is 0 Å². The molecule has 0 unspecified atom stereocenters. The summed E-state index contributed by atoms with van der Waals surface area (Å²) in [5.74, 6) is 0.0731. The number of carbonyl (C=O) groups excluding carboxylic acids is 1. The lowest BCUT2D eigenvalue weighted by molar-refractivity contribution is -0.115. The van der Waals surface area contributed by atoms with Crippen molar-refractivity contribution in [2.45, 2.75) is 19.8 Å². The number of anilines is 2. The van der Waals surface area contributed by atoms with E-state index in [4.69, 9.17) is 5.73 Å². The monoisotopic (exact) mass is 311 g/mol. The third-order valence-corrected chi connectivity index (χ3v) is 3.64. The summed E-state index contributed by atoms with van der Waals surface area (Å²) in [6.45, 7) is 4.30. The van der Waals surface area contributed by atoms with Gasteiger partial charge in [0.05, 0.1) is 11.4 Å². The number of hydrogen-bond donors (Lipinski definition) is 2. The molecule has 1 aliphatic rings. The summed E-state index contributed by atoms with van der Waals surface area (Å²) in [5, 5.41) is 2.97. The number of carbonyl (C=O) groups is 1. The summed E-state index contributed by atoms with van der Waals surface area (Å²) >= 11 is 3.60. The molecule has 0 saturated carbocycles. The van der Waals surface area contributed by atoms with Crippen molar-refractivity contribution in [1.82, 2.24) is 0 Å². The summed E-state index contributed by atoms with van der Waals surface area (Å²) in [5.41, 5.74) is 8.66. The zero-order chi connectivity index (χ0) is 13.1. The van der Waals surface area contributed by atoms with Crippen LogP contribution in [0.5, 0.6) is 0 Å². The predicted molar refractivity (Wildman–Crippen MR) is 78.0 cm³/mol. The first-order valence-corrected chi connectivity index (χ1v) is 6.96. The van der Waals surface area contributed by atoms with Gasteiger partial charge in [-0.2, -0.15) is 0 Å². The van der Waals surface area contributed by atoms with Gasteiger partial charge in [0.15, 0.2) is 0 Å². The van der Waals surface area contributed by atoms with E-state index in [1.165, 1.54) is 0 Å². The van der Waals surface area contributed by atoms with Crippen LogP contribution >= 0.6 is 15.9 Å². The fraction of sp³-hybridized carbons (Fsp3) is 0.462. The maximum atomic E-state index is 11.7. The normalized spacial score (nSPS) is 15.1. The van der Waals surface area contributed by atoms with E-state index in [1.807, 2.05) is 13.0 Å². The van der Waals surface area contributed by atoms with E-state index in [2.05, 4.69) is 32.2 Å². The number of amides is 1. The molecule has 1 aromatic rings. The van der Waals surface area contributed by atoms with Crippen LogP contribution in [0.25, 0.3) is 0 Å². The smallest absolute Gasteiger partial charge is 0.226 e. The number of nitrogens with zero attached hydrogens (tertiary/aromatic N) is 1. The molecule has 0 fully saturated rings. The van der Waals surface area contributed by atoms with Gasteiger partial charge in [0.1, 0.15) is 0 Å². The van der Waals surface area contributed by atoms with Crippen molar-refractivity contribution >= 4 is 33.2 Å². The van der Waals surface area contributed by atoms with Crippen LogP contribution in [0.3, 0.4) is 0 Å². The molecule has 18 heavy (non-hydrogen) atoms. The van der Waals surface area contributed by atoms with Gasteiger partial charge < -0.3 is 16.0 Å². The minimum Gasteiger partial charge on any atom is -0.368 e. The van der Waals surface area contributed by atoms with Crippen molar-refractivity contribution in [3.05, 3.63) is 22.2 Å². The van der Waals surface area contributed by atoms with Crippen LogP contribution < -0.4 is 16.0 Å². The van der Waals surface area contributed by atoms with Gasteiger partial charge in [-0.15, -0.1) is 0 Å². The van der Waals surface area contributed by atoms with Crippen LogP contribution in [0, 0.1) is 6.92 Å². The Balaban J connectivity index is 2.40. The number of halogens is 1. The highest BCUT2D eigenvalue weighted by atomic mass is 79.9. The second-order valence-electron chi connectivity index (χ2n) is 4.57. The number of hydrogen-bond acceptors (Lipinski definition) is 3. The molecule has 4 nitrogen and oxygen atoms in total. The van der Waals surface area contributed by atoms with Gasteiger partial charge in [0.25, 0.3) is 0 Å². The Morgan fingerprint density at radius 2 is 2.28 bits per heavy atom. The second kappa shape index (κ2) is 5.71. The zero-order valence-corrected chi connectivity index (χ0v) is 12.1. The Morgan fingerprint density at radius 1 is 1.50 bits per heavy atom. The fourth-order valence-electron chi connectivity index (χ4n) is 2.22. The summed E-state index contributed by atoms with van der Waals surface area (Å²) in [7, 11) is 0. The van der Waals surface area contributed by atoms with Gasteiger partial charge in [-0.1, -0.05) is 0 Å². The quantitative estimate of drug-likeness (QED) is 0.900. The lowest BCUT2D eigenvalue weighted by Crippen LogP contribution is -2.27. The van der Waals surface area contributed by atoms with Crippen LogP contribution in [0.15, 0.2) is 16.6 Å². The summed E-state index contributed by atoms with van der Waals surface area (Å²) in [4.78, 5) is 13.9. The Bertz CT molecular complexity index is 462. The topological polar surface area (TPSA) is 58.4 Å². The molecule has 0 radical (unpaired) electrons. The average Bonchev–Trinajstić information content (AvgIpc) is 2.45. The van der Waals surface area contributed by atoms with Gasteiger partial charge in [0.2, 0.25) is 5.91 Å². The van der Waals surface area contributed by atoms with E-state index in [-0.39, 0.29) is 5.91 Å². The minimum absolute atomic E-state index is 0.0731. The number of rotatable bonds is 3. The average molecular weight is 312 g/mol. The summed E-state index contributed by atoms with van der Waals surface area (Å²) < 4.78 is 1.02. The predicted octanol–water partition coefficient (Wildman–Crippen LogP) is 2.25. The lowest BCUT2D eigenvalue weighted by Gasteiger charge is -2.25. The van der Waals surface area contributed by atoms with Gasteiger partial charge >= 0.3 is 0 Å². The van der Waals surface area contributed by atoms with Crippen LogP contribution in [-0.4, -0.2) is 25.5 Å². The molecule has 1 aliphatic heterocycles. The largest absolute Gasteiger partial charge is 0.368 e. The molecule has 98 valence electrons. The number of fused-ring (bicyclic) bond motifs is 1. The summed E-state index contributed by atoms with van der Waals surface area (Å²) in [6, 6.07) is 4.09. The zero-order valence-electron chi connectivity index (χ0n) is 10.5. The number of benzene rings is 1. The van der Waals surface area contributed by atoms with Gasteiger partial charge in [-0.3, -0.25) is 4.79 Å². The van der Waals surface area contributed by atoms with Crippen molar-refractivity contribution in [2.24, 2.45) is 5.73 Å². The first-order chi connectivity index (χ1) is 8.61. The van der Waals surface area contributed by atoms with Crippen molar-refractivity contribution < 1.29 is 4.79 Å². The first-order valence-electron chi connectivity index (χ1n) is 6.17. The second-order valence-corrected chi connectivity index (χ2v) is 5.42. The highest BCUT2D eigenvalue weighted by molar-refractivity contribution is 9.10. The maximum Gasteiger partial charge on any atom is 0.226 e. The molecular weight excluding hydrogens is 294 g/mol. The molecule has 1 heterocycles. The molecule has 0 bridgehead atoms.